The van der Waals surface area contributed by atoms with E-state index in [4.69, 9.17) is 15.6 Å². The molecule has 1 atom stereocenters. The van der Waals surface area contributed by atoms with Crippen LogP contribution in [0.4, 0.5) is 0 Å². The highest BCUT2D eigenvalue weighted by atomic mass is 16.6. The molecule has 0 aliphatic heterocycles. The molecule has 0 radical (unpaired) electrons. The number of nitrogens with two attached hydrogens (primary N) is 1. The van der Waals surface area contributed by atoms with E-state index in [0.717, 1.165) is 45.1 Å². The van der Waals surface area contributed by atoms with E-state index in [2.05, 4.69) is 0 Å². The van der Waals surface area contributed by atoms with Crippen molar-refractivity contribution < 1.29 is 19.4 Å². The monoisotopic (exact) mass is 301 g/mol. The van der Waals surface area contributed by atoms with Crippen LogP contribution in [0.1, 0.15) is 72.1 Å². The van der Waals surface area contributed by atoms with Gasteiger partial charge in [-0.25, -0.2) is 0 Å². The van der Waals surface area contributed by atoms with Crippen molar-refractivity contribution >= 4 is 11.9 Å². The van der Waals surface area contributed by atoms with Crippen molar-refractivity contribution in [3.05, 3.63) is 0 Å². The van der Waals surface area contributed by atoms with Crippen LogP contribution in [0.5, 0.6) is 0 Å². The minimum atomic E-state index is -1.09. The third-order valence-electron chi connectivity index (χ3n) is 3.19. The van der Waals surface area contributed by atoms with Crippen molar-refractivity contribution in [2.75, 3.05) is 6.54 Å². The Morgan fingerprint density at radius 3 is 1.90 bits per heavy atom. The van der Waals surface area contributed by atoms with Gasteiger partial charge in [-0.2, -0.15) is 0 Å². The molecule has 0 aliphatic rings. The molecular weight excluding hydrogens is 270 g/mol. The van der Waals surface area contributed by atoms with Gasteiger partial charge in [0.1, 0.15) is 5.60 Å². The van der Waals surface area contributed by atoms with E-state index < -0.39 is 23.5 Å². The van der Waals surface area contributed by atoms with Gasteiger partial charge >= 0.3 is 11.9 Å². The van der Waals surface area contributed by atoms with Crippen LogP contribution in [0, 0.1) is 5.92 Å². The van der Waals surface area contributed by atoms with E-state index >= 15 is 0 Å². The zero-order valence-corrected chi connectivity index (χ0v) is 13.7. The Hall–Kier alpha value is -1.10. The lowest BCUT2D eigenvalue weighted by molar-refractivity contribution is -0.167. The Morgan fingerprint density at radius 1 is 1.00 bits per heavy atom. The average Bonchev–Trinajstić information content (AvgIpc) is 2.34. The van der Waals surface area contributed by atoms with Gasteiger partial charge in [-0.3, -0.25) is 9.59 Å². The van der Waals surface area contributed by atoms with Crippen molar-refractivity contribution in [3.8, 4) is 0 Å². The van der Waals surface area contributed by atoms with E-state index in [0.29, 0.717) is 6.42 Å². The first-order chi connectivity index (χ1) is 9.78. The van der Waals surface area contributed by atoms with Gasteiger partial charge in [0.25, 0.3) is 0 Å². The van der Waals surface area contributed by atoms with Gasteiger partial charge in [0.2, 0.25) is 0 Å². The first-order valence-corrected chi connectivity index (χ1v) is 7.93. The Kier molecular flexibility index (Phi) is 10.0. The van der Waals surface area contributed by atoms with Crippen molar-refractivity contribution in [3.63, 3.8) is 0 Å². The topological polar surface area (TPSA) is 89.6 Å². The molecule has 0 bridgehead atoms. The molecule has 5 nitrogen and oxygen atoms in total. The van der Waals surface area contributed by atoms with Crippen LogP contribution in [-0.4, -0.2) is 29.2 Å². The summed E-state index contributed by atoms with van der Waals surface area (Å²) in [4.78, 5) is 23.0. The first-order valence-electron chi connectivity index (χ1n) is 7.93. The van der Waals surface area contributed by atoms with E-state index in [1.807, 2.05) is 0 Å². The Morgan fingerprint density at radius 2 is 1.48 bits per heavy atom. The van der Waals surface area contributed by atoms with Gasteiger partial charge in [0, 0.05) is 0 Å². The van der Waals surface area contributed by atoms with Crippen molar-refractivity contribution in [2.45, 2.75) is 77.7 Å². The van der Waals surface area contributed by atoms with Crippen LogP contribution < -0.4 is 5.73 Å². The van der Waals surface area contributed by atoms with E-state index in [1.54, 1.807) is 20.8 Å². The van der Waals surface area contributed by atoms with E-state index in [9.17, 15) is 9.59 Å². The van der Waals surface area contributed by atoms with Gasteiger partial charge in [-0.15, -0.1) is 0 Å². The van der Waals surface area contributed by atoms with Crippen LogP contribution in [0.25, 0.3) is 0 Å². The average molecular weight is 301 g/mol. The Bertz CT molecular complexity index is 310. The van der Waals surface area contributed by atoms with Crippen LogP contribution in [0.3, 0.4) is 0 Å². The minimum absolute atomic E-state index is 0.354. The van der Waals surface area contributed by atoms with Crippen LogP contribution >= 0.6 is 0 Å². The summed E-state index contributed by atoms with van der Waals surface area (Å²) in [6.45, 7) is 5.97. The molecule has 0 aromatic carbocycles. The van der Waals surface area contributed by atoms with E-state index in [-0.39, 0.29) is 0 Å². The number of rotatable bonds is 11. The maximum atomic E-state index is 11.8. The second-order valence-electron chi connectivity index (χ2n) is 6.48. The predicted molar refractivity (Wildman–Crippen MR) is 83.0 cm³/mol. The number of unbranched alkanes of at least 4 members (excludes halogenated alkanes) is 6. The van der Waals surface area contributed by atoms with Crippen molar-refractivity contribution in [2.24, 2.45) is 11.7 Å². The predicted octanol–water partition coefficient (Wildman–Crippen LogP) is 3.11. The fourth-order valence-electron chi connectivity index (χ4n) is 2.09. The lowest BCUT2D eigenvalue weighted by atomic mass is 10.00. The van der Waals surface area contributed by atoms with Crippen molar-refractivity contribution in [1.82, 2.24) is 0 Å². The minimum Gasteiger partial charge on any atom is -0.481 e. The number of aliphatic carboxylic acids is 1. The Balaban J connectivity index is 3.91. The number of esters is 1. The number of hydrogen-bond acceptors (Lipinski definition) is 4. The first kappa shape index (κ1) is 19.9. The normalized spacial score (nSPS) is 13.0. The highest BCUT2D eigenvalue weighted by molar-refractivity contribution is 5.94. The summed E-state index contributed by atoms with van der Waals surface area (Å²) in [5.74, 6) is -2.76. The van der Waals surface area contributed by atoms with Crippen LogP contribution in [0.15, 0.2) is 0 Å². The van der Waals surface area contributed by atoms with Gasteiger partial charge in [-0.05, 0) is 40.2 Å². The number of carbonyl (C=O) groups excluding carboxylic acids is 1. The molecule has 1 unspecified atom stereocenters. The largest absolute Gasteiger partial charge is 0.481 e. The molecule has 0 aromatic rings. The SMILES string of the molecule is CC(C)(C)OC(=O)C(CCCCCCCCCN)C(=O)O. The van der Waals surface area contributed by atoms with Gasteiger partial charge in [0.05, 0.1) is 0 Å². The maximum absolute atomic E-state index is 11.8. The van der Waals surface area contributed by atoms with Crippen LogP contribution in [0.2, 0.25) is 0 Å². The number of carboxylic acid groups (broad SMARTS) is 1. The Labute approximate surface area is 128 Å². The fraction of sp³-hybridized carbons (Fsp3) is 0.875. The molecule has 21 heavy (non-hydrogen) atoms. The number of carboxylic acids is 1. The molecule has 3 N–H and O–H groups in total. The molecule has 0 heterocycles. The third-order valence-corrected chi connectivity index (χ3v) is 3.19. The highest BCUT2D eigenvalue weighted by Gasteiger charge is 2.30. The lowest BCUT2D eigenvalue weighted by Crippen LogP contribution is -2.32. The summed E-state index contributed by atoms with van der Waals surface area (Å²) in [5.41, 5.74) is 4.78. The summed E-state index contributed by atoms with van der Waals surface area (Å²) in [6, 6.07) is 0. The second kappa shape index (κ2) is 10.6. The molecule has 0 spiro atoms. The highest BCUT2D eigenvalue weighted by Crippen LogP contribution is 2.18. The fourth-order valence-corrected chi connectivity index (χ4v) is 2.09. The summed E-state index contributed by atoms with van der Waals surface area (Å²) in [5, 5.41) is 9.13. The molecule has 124 valence electrons. The molecule has 0 fully saturated rings. The van der Waals surface area contributed by atoms with Gasteiger partial charge in [0.15, 0.2) is 5.92 Å². The molecular formula is C16H31NO4. The van der Waals surface area contributed by atoms with Crippen LogP contribution in [-0.2, 0) is 14.3 Å². The summed E-state index contributed by atoms with van der Waals surface area (Å²) in [6.07, 6.45) is 7.67. The molecule has 5 heteroatoms. The molecule has 0 saturated carbocycles. The smallest absolute Gasteiger partial charge is 0.320 e. The number of ether oxygens (including phenoxy) is 1. The quantitative estimate of drug-likeness (QED) is 0.348. The summed E-state index contributed by atoms with van der Waals surface area (Å²) in [7, 11) is 0. The zero-order valence-electron chi connectivity index (χ0n) is 13.7. The van der Waals surface area contributed by atoms with E-state index in [1.165, 1.54) is 6.42 Å². The van der Waals surface area contributed by atoms with Gasteiger partial charge < -0.3 is 15.6 Å². The third kappa shape index (κ3) is 11.3. The molecule has 0 rings (SSSR count). The standard InChI is InChI=1S/C16H31NO4/c1-16(2,3)21-15(20)13(14(18)19)11-9-7-5-4-6-8-10-12-17/h13H,4-12,17H2,1-3H3,(H,18,19). The summed E-state index contributed by atoms with van der Waals surface area (Å²) >= 11 is 0. The lowest BCUT2D eigenvalue weighted by Gasteiger charge is -2.22. The maximum Gasteiger partial charge on any atom is 0.320 e. The molecule has 0 aromatic heterocycles. The van der Waals surface area contributed by atoms with Crippen molar-refractivity contribution in [1.29, 1.82) is 0 Å². The number of carbonyl (C=O) groups is 2. The molecule has 0 aliphatic carbocycles. The second-order valence-corrected chi connectivity index (χ2v) is 6.48. The van der Waals surface area contributed by atoms with Gasteiger partial charge in [-0.1, -0.05) is 38.5 Å². The molecule has 0 saturated heterocycles. The molecule has 0 amide bonds. The summed E-state index contributed by atoms with van der Waals surface area (Å²) < 4.78 is 5.15. The number of hydrogen-bond donors (Lipinski definition) is 2. The zero-order chi connectivity index (χ0) is 16.3.